The van der Waals surface area contributed by atoms with Gasteiger partial charge in [0.2, 0.25) is 5.91 Å². The molecule has 1 unspecified atom stereocenters. The molecule has 1 fully saturated rings. The molecule has 2 N–H and O–H groups in total. The van der Waals surface area contributed by atoms with Crippen LogP contribution in [0.2, 0.25) is 0 Å². The number of carboxylic acids is 1. The molecule has 0 heterocycles. The predicted octanol–water partition coefficient (Wildman–Crippen LogP) is 4.96. The van der Waals surface area contributed by atoms with E-state index in [-0.39, 0.29) is 23.8 Å². The van der Waals surface area contributed by atoms with Gasteiger partial charge in [-0.1, -0.05) is 30.3 Å². The van der Waals surface area contributed by atoms with Crippen LogP contribution in [0.5, 0.6) is 5.75 Å². The lowest BCUT2D eigenvalue weighted by molar-refractivity contribution is -0.143. The molecule has 28 heavy (non-hydrogen) atoms. The van der Waals surface area contributed by atoms with Crippen LogP contribution in [-0.2, 0) is 9.59 Å². The molecule has 1 aliphatic carbocycles. The largest absolute Gasteiger partial charge is 0.486 e. The van der Waals surface area contributed by atoms with Crippen molar-refractivity contribution in [1.29, 1.82) is 0 Å². The zero-order valence-electron chi connectivity index (χ0n) is 16.4. The zero-order chi connectivity index (χ0) is 20.1. The van der Waals surface area contributed by atoms with Gasteiger partial charge >= 0.3 is 5.97 Å². The summed E-state index contributed by atoms with van der Waals surface area (Å²) in [6.45, 7) is 3.95. The van der Waals surface area contributed by atoms with Crippen molar-refractivity contribution in [2.75, 3.05) is 5.32 Å². The predicted molar refractivity (Wildman–Crippen MR) is 108 cm³/mol. The van der Waals surface area contributed by atoms with E-state index in [0.717, 1.165) is 22.6 Å². The fraction of sp³-hybridized carbons (Fsp3) is 0.391. The number of hydrogen-bond donors (Lipinski definition) is 2. The van der Waals surface area contributed by atoms with Crippen molar-refractivity contribution in [1.82, 2.24) is 0 Å². The highest BCUT2D eigenvalue weighted by Gasteiger charge is 2.29. The summed E-state index contributed by atoms with van der Waals surface area (Å²) in [6, 6.07) is 15.7. The van der Waals surface area contributed by atoms with E-state index in [4.69, 9.17) is 9.84 Å². The minimum atomic E-state index is -0.755. The molecule has 0 aliphatic heterocycles. The van der Waals surface area contributed by atoms with E-state index in [1.807, 2.05) is 62.4 Å². The van der Waals surface area contributed by atoms with Crippen LogP contribution in [0, 0.1) is 18.8 Å². The summed E-state index contributed by atoms with van der Waals surface area (Å²) in [5.41, 5.74) is 2.81. The van der Waals surface area contributed by atoms with Gasteiger partial charge in [-0.05, 0) is 68.9 Å². The Balaban J connectivity index is 1.58. The summed E-state index contributed by atoms with van der Waals surface area (Å²) < 4.78 is 6.02. The molecule has 0 bridgehead atoms. The maximum absolute atomic E-state index is 12.6. The second kappa shape index (κ2) is 8.91. The number of hydrogen-bond acceptors (Lipinski definition) is 3. The Bertz CT molecular complexity index is 826. The van der Waals surface area contributed by atoms with E-state index in [2.05, 4.69) is 5.32 Å². The van der Waals surface area contributed by atoms with E-state index >= 15 is 0 Å². The topological polar surface area (TPSA) is 75.6 Å². The number of nitrogens with one attached hydrogen (secondary N) is 1. The molecule has 2 aromatic rings. The summed E-state index contributed by atoms with van der Waals surface area (Å²) in [4.78, 5) is 23.6. The summed E-state index contributed by atoms with van der Waals surface area (Å²) in [5.74, 6) is -0.458. The molecule has 1 saturated carbocycles. The van der Waals surface area contributed by atoms with Gasteiger partial charge in [0.15, 0.2) is 0 Å². The Morgan fingerprint density at radius 2 is 1.68 bits per heavy atom. The number of carbonyl (C=O) groups excluding carboxylic acids is 1. The molecule has 5 nitrogen and oxygen atoms in total. The molecular weight excluding hydrogens is 354 g/mol. The minimum Gasteiger partial charge on any atom is -0.486 e. The third-order valence-electron chi connectivity index (χ3n) is 5.48. The third-order valence-corrected chi connectivity index (χ3v) is 5.48. The van der Waals surface area contributed by atoms with Gasteiger partial charge < -0.3 is 15.2 Å². The van der Waals surface area contributed by atoms with Crippen LogP contribution in [0.3, 0.4) is 0 Å². The van der Waals surface area contributed by atoms with Crippen molar-refractivity contribution in [3.8, 4) is 5.75 Å². The van der Waals surface area contributed by atoms with Crippen LogP contribution in [-0.4, -0.2) is 17.0 Å². The van der Waals surface area contributed by atoms with Crippen molar-refractivity contribution in [2.45, 2.75) is 45.6 Å². The van der Waals surface area contributed by atoms with E-state index in [1.165, 1.54) is 0 Å². The Morgan fingerprint density at radius 3 is 2.29 bits per heavy atom. The highest BCUT2D eigenvalue weighted by molar-refractivity contribution is 5.93. The van der Waals surface area contributed by atoms with Crippen LogP contribution < -0.4 is 10.1 Å². The molecular formula is C23H27NO4. The summed E-state index contributed by atoms with van der Waals surface area (Å²) in [5, 5.41) is 12.1. The molecule has 2 aromatic carbocycles. The lowest BCUT2D eigenvalue weighted by atomic mass is 9.81. The molecule has 3 rings (SSSR count). The maximum atomic E-state index is 12.6. The number of rotatable bonds is 6. The zero-order valence-corrected chi connectivity index (χ0v) is 16.4. The van der Waals surface area contributed by atoms with E-state index < -0.39 is 5.97 Å². The van der Waals surface area contributed by atoms with Gasteiger partial charge in [0.25, 0.3) is 0 Å². The maximum Gasteiger partial charge on any atom is 0.306 e. The Labute approximate surface area is 165 Å². The molecule has 1 atom stereocenters. The van der Waals surface area contributed by atoms with Gasteiger partial charge in [-0.2, -0.15) is 0 Å². The van der Waals surface area contributed by atoms with Crippen LogP contribution in [0.4, 0.5) is 5.69 Å². The Kier molecular flexibility index (Phi) is 6.34. The monoisotopic (exact) mass is 381 g/mol. The molecule has 1 aliphatic rings. The SMILES string of the molecule is Cc1cc(OC(C)c2ccccc2)ccc1NC(=O)C1CCC(C(=O)O)CC1. The van der Waals surface area contributed by atoms with Gasteiger partial charge in [0, 0.05) is 11.6 Å². The molecule has 1 amide bonds. The number of aryl methyl sites for hydroxylation is 1. The van der Waals surface area contributed by atoms with Gasteiger partial charge in [0.1, 0.15) is 11.9 Å². The molecule has 0 spiro atoms. The summed E-state index contributed by atoms with van der Waals surface area (Å²) in [6.07, 6.45) is 2.31. The number of benzene rings is 2. The summed E-state index contributed by atoms with van der Waals surface area (Å²) in [7, 11) is 0. The van der Waals surface area contributed by atoms with Crippen molar-refractivity contribution >= 4 is 17.6 Å². The first kappa shape index (κ1) is 19.9. The molecule has 0 radical (unpaired) electrons. The Hall–Kier alpha value is -2.82. The first-order valence-corrected chi connectivity index (χ1v) is 9.80. The average molecular weight is 381 g/mol. The number of amides is 1. The third kappa shape index (κ3) is 4.91. The lowest BCUT2D eigenvalue weighted by Crippen LogP contribution is -2.29. The second-order valence-corrected chi connectivity index (χ2v) is 7.52. The fourth-order valence-electron chi connectivity index (χ4n) is 3.68. The van der Waals surface area contributed by atoms with Gasteiger partial charge in [-0.25, -0.2) is 0 Å². The first-order chi connectivity index (χ1) is 13.4. The van der Waals surface area contributed by atoms with Crippen LogP contribution in [0.25, 0.3) is 0 Å². The fourth-order valence-corrected chi connectivity index (χ4v) is 3.68. The van der Waals surface area contributed by atoms with Crippen LogP contribution in [0.15, 0.2) is 48.5 Å². The second-order valence-electron chi connectivity index (χ2n) is 7.52. The van der Waals surface area contributed by atoms with E-state index in [0.29, 0.717) is 25.7 Å². The number of carbonyl (C=O) groups is 2. The Morgan fingerprint density at radius 1 is 1.04 bits per heavy atom. The van der Waals surface area contributed by atoms with Gasteiger partial charge in [-0.15, -0.1) is 0 Å². The van der Waals surface area contributed by atoms with Crippen molar-refractivity contribution < 1.29 is 19.4 Å². The average Bonchev–Trinajstić information content (AvgIpc) is 2.70. The van der Waals surface area contributed by atoms with Crippen molar-refractivity contribution in [3.05, 3.63) is 59.7 Å². The number of aliphatic carboxylic acids is 1. The van der Waals surface area contributed by atoms with E-state index in [1.54, 1.807) is 0 Å². The summed E-state index contributed by atoms with van der Waals surface area (Å²) >= 11 is 0. The van der Waals surface area contributed by atoms with Crippen molar-refractivity contribution in [2.24, 2.45) is 11.8 Å². The van der Waals surface area contributed by atoms with E-state index in [9.17, 15) is 9.59 Å². The van der Waals surface area contributed by atoms with Gasteiger partial charge in [0.05, 0.1) is 5.92 Å². The molecule has 0 saturated heterocycles. The lowest BCUT2D eigenvalue weighted by Gasteiger charge is -2.25. The normalized spacial score (nSPS) is 20.2. The first-order valence-electron chi connectivity index (χ1n) is 9.80. The highest BCUT2D eigenvalue weighted by Crippen LogP contribution is 2.31. The highest BCUT2D eigenvalue weighted by atomic mass is 16.5. The smallest absolute Gasteiger partial charge is 0.306 e. The molecule has 148 valence electrons. The van der Waals surface area contributed by atoms with Gasteiger partial charge in [-0.3, -0.25) is 9.59 Å². The van der Waals surface area contributed by atoms with Crippen LogP contribution in [0.1, 0.15) is 49.8 Å². The van der Waals surface area contributed by atoms with Crippen LogP contribution >= 0.6 is 0 Å². The number of carboxylic acid groups (broad SMARTS) is 1. The minimum absolute atomic E-state index is 0.0294. The standard InChI is InChI=1S/C23H27NO4/c1-15-14-20(28-16(2)17-6-4-3-5-7-17)12-13-21(15)24-22(25)18-8-10-19(11-9-18)23(26)27/h3-7,12-14,16,18-19H,8-11H2,1-2H3,(H,24,25)(H,26,27). The quantitative estimate of drug-likeness (QED) is 0.741. The number of anilines is 1. The number of ether oxygens (including phenoxy) is 1. The molecule has 0 aromatic heterocycles. The molecule has 5 heteroatoms. The van der Waals surface area contributed by atoms with Crippen molar-refractivity contribution in [3.63, 3.8) is 0 Å².